The molecule has 0 saturated heterocycles. The molecule has 0 unspecified atom stereocenters. The van der Waals surface area contributed by atoms with Crippen molar-refractivity contribution in [1.82, 2.24) is 0 Å². The van der Waals surface area contributed by atoms with Gasteiger partial charge in [0.2, 0.25) is 0 Å². The van der Waals surface area contributed by atoms with Crippen molar-refractivity contribution in [1.29, 1.82) is 0 Å². The molecule has 0 radical (unpaired) electrons. The molecule has 0 N–H and O–H groups in total. The van der Waals surface area contributed by atoms with E-state index in [0.717, 1.165) is 0 Å². The van der Waals surface area contributed by atoms with Gasteiger partial charge in [0.15, 0.2) is 0 Å². The average molecular weight is 124 g/mol. The minimum Gasteiger partial charge on any atom is -0.140 e. The van der Waals surface area contributed by atoms with Crippen molar-refractivity contribution < 1.29 is 0 Å². The van der Waals surface area contributed by atoms with Crippen LogP contribution < -0.4 is 0 Å². The molecule has 0 amide bonds. The fourth-order valence-corrected chi connectivity index (χ4v) is 0. The van der Waals surface area contributed by atoms with Gasteiger partial charge >= 0.3 is 0 Å². The maximum absolute atomic E-state index is 4.13. The van der Waals surface area contributed by atoms with Gasteiger partial charge in [-0.05, 0) is 5.87 Å². The quantitative estimate of drug-likeness (QED) is 0.384. The standard InChI is InChI=1S/CH2S2.CH2S/c2-1-3;1-2/h1H,(H,2,3);1H2. The Morgan fingerprint density at radius 1 is 1.60 bits per heavy atom. The highest BCUT2D eigenvalue weighted by Crippen LogP contribution is 1.50. The molecule has 0 aromatic heterocycles. The summed E-state index contributed by atoms with van der Waals surface area (Å²) >= 11 is 11.4. The van der Waals surface area contributed by atoms with Gasteiger partial charge in [0.05, 0.1) is 0 Å². The second kappa shape index (κ2) is 24.1. The number of thiocarbonyl (C=S) groups is 2. The normalized spacial score (nSPS) is 3.40. The van der Waals surface area contributed by atoms with Gasteiger partial charge in [-0.15, -0.1) is 12.6 Å². The average Bonchev–Trinajstić information content (AvgIpc) is 1.46. The van der Waals surface area contributed by atoms with Gasteiger partial charge < -0.3 is 0 Å². The lowest BCUT2D eigenvalue weighted by Crippen LogP contribution is -1.12. The predicted octanol–water partition coefficient (Wildman–Crippen LogP) is 1.49. The Morgan fingerprint density at radius 2 is 1.60 bits per heavy atom. The molecule has 0 rings (SSSR count). The Hall–Kier alpha value is 0.530. The zero-order chi connectivity index (χ0) is 4.71. The van der Waals surface area contributed by atoms with E-state index in [0.29, 0.717) is 0 Å². The lowest BCUT2D eigenvalue weighted by atomic mass is 11.9. The van der Waals surface area contributed by atoms with Crippen LogP contribution >= 0.6 is 37.1 Å². The van der Waals surface area contributed by atoms with E-state index in [1.54, 1.807) is 0 Å². The number of rotatable bonds is 0. The summed E-state index contributed by atoms with van der Waals surface area (Å²) in [4.78, 5) is 0. The minimum absolute atomic E-state index is 1.28. The van der Waals surface area contributed by atoms with Crippen LogP contribution in [0.3, 0.4) is 0 Å². The first-order valence-electron chi connectivity index (χ1n) is 0.783. The molecule has 0 fully saturated rings. The molecular formula is C2H4S3. The molecule has 0 spiro atoms. The number of hydrogen-bond acceptors (Lipinski definition) is 2. The van der Waals surface area contributed by atoms with Crippen molar-refractivity contribution in [2.24, 2.45) is 0 Å². The second-order valence-electron chi connectivity index (χ2n) is 0.105. The van der Waals surface area contributed by atoms with Crippen molar-refractivity contribution in [2.75, 3.05) is 0 Å². The molecule has 0 atom stereocenters. The number of hydrogen-bond donors (Lipinski definition) is 1. The minimum atomic E-state index is 1.28. The lowest BCUT2D eigenvalue weighted by Gasteiger charge is -1.27. The third kappa shape index (κ3) is 103. The van der Waals surface area contributed by atoms with Gasteiger partial charge in [-0.1, -0.05) is 24.4 Å². The summed E-state index contributed by atoms with van der Waals surface area (Å²) < 4.78 is 1.28. The third-order valence-electron chi connectivity index (χ3n) is 0. The largest absolute Gasteiger partial charge is 0.140 e. The summed E-state index contributed by atoms with van der Waals surface area (Å²) in [6.45, 7) is 0. The van der Waals surface area contributed by atoms with E-state index in [9.17, 15) is 0 Å². The van der Waals surface area contributed by atoms with Crippen molar-refractivity contribution in [2.45, 2.75) is 0 Å². The van der Waals surface area contributed by atoms with Gasteiger partial charge in [0.25, 0.3) is 0 Å². The zero-order valence-corrected chi connectivity index (χ0v) is 5.08. The molecule has 0 aliphatic rings. The summed E-state index contributed by atoms with van der Waals surface area (Å²) in [5, 5.41) is 0. The molecule has 5 heavy (non-hydrogen) atoms. The zero-order valence-electron chi connectivity index (χ0n) is 2.55. The van der Waals surface area contributed by atoms with Crippen molar-refractivity contribution in [3.05, 3.63) is 0 Å². The Kier molecular flexibility index (Phi) is 43.9. The first-order valence-corrected chi connectivity index (χ1v) is 2.35. The molecule has 0 bridgehead atoms. The highest BCUT2D eigenvalue weighted by Gasteiger charge is 1.18. The van der Waals surface area contributed by atoms with Crippen LogP contribution in [0.15, 0.2) is 0 Å². The highest BCUT2D eigenvalue weighted by atomic mass is 32.1. The first kappa shape index (κ1) is 9.11. The van der Waals surface area contributed by atoms with Crippen LogP contribution in [-0.2, 0) is 0 Å². The summed E-state index contributed by atoms with van der Waals surface area (Å²) in [5.41, 5.74) is 0. The monoisotopic (exact) mass is 124 g/mol. The van der Waals surface area contributed by atoms with E-state index in [2.05, 4.69) is 42.9 Å². The summed E-state index contributed by atoms with van der Waals surface area (Å²) in [7, 11) is 0. The Bertz CT molecular complexity index is 18.9. The van der Waals surface area contributed by atoms with Crippen LogP contribution in [0.1, 0.15) is 0 Å². The molecule has 0 nitrogen and oxygen atoms in total. The molecule has 3 heteroatoms. The molecule has 0 aliphatic carbocycles. The Morgan fingerprint density at radius 3 is 1.60 bits per heavy atom. The summed E-state index contributed by atoms with van der Waals surface area (Å²) in [6.07, 6.45) is 0. The van der Waals surface area contributed by atoms with Crippen LogP contribution in [0.5, 0.6) is 0 Å². The van der Waals surface area contributed by atoms with E-state index < -0.39 is 0 Å². The lowest BCUT2D eigenvalue weighted by molar-refractivity contribution is 4.52. The first-order chi connectivity index (χ1) is 2.41. The Labute approximate surface area is 48.0 Å². The molecule has 0 heterocycles. The fraction of sp³-hybridized carbons (Fsp3) is 0. The van der Waals surface area contributed by atoms with Crippen LogP contribution in [0, 0.1) is 0 Å². The third-order valence-corrected chi connectivity index (χ3v) is 0. The highest BCUT2D eigenvalue weighted by molar-refractivity contribution is 8.08. The van der Waals surface area contributed by atoms with Crippen molar-refractivity contribution >= 4 is 47.6 Å². The molecular weight excluding hydrogens is 120 g/mol. The van der Waals surface area contributed by atoms with E-state index in [4.69, 9.17) is 0 Å². The van der Waals surface area contributed by atoms with Crippen molar-refractivity contribution in [3.63, 3.8) is 0 Å². The van der Waals surface area contributed by atoms with E-state index in [1.165, 1.54) is 4.70 Å². The van der Waals surface area contributed by atoms with E-state index in [1.807, 2.05) is 0 Å². The van der Waals surface area contributed by atoms with Crippen LogP contribution in [0.2, 0.25) is 0 Å². The second-order valence-corrected chi connectivity index (χ2v) is 0.949. The Balaban J connectivity index is 0. The molecule has 30 valence electrons. The molecule has 0 aromatic rings. The van der Waals surface area contributed by atoms with E-state index in [-0.39, 0.29) is 0 Å². The molecule has 0 aliphatic heterocycles. The van der Waals surface area contributed by atoms with Gasteiger partial charge in [-0.25, -0.2) is 0 Å². The van der Waals surface area contributed by atoms with Gasteiger partial charge in [0, 0.05) is 4.70 Å². The summed E-state index contributed by atoms with van der Waals surface area (Å²) in [6, 6.07) is 0. The van der Waals surface area contributed by atoms with Crippen LogP contribution in [-0.4, -0.2) is 10.6 Å². The van der Waals surface area contributed by atoms with Gasteiger partial charge in [-0.2, -0.15) is 0 Å². The SMILES string of the molecule is C=S.S=CS. The van der Waals surface area contributed by atoms with Gasteiger partial charge in [0.1, 0.15) is 0 Å². The van der Waals surface area contributed by atoms with Crippen LogP contribution in [0.25, 0.3) is 0 Å². The smallest absolute Gasteiger partial charge is 0.0310 e. The maximum atomic E-state index is 4.13. The fourth-order valence-electron chi connectivity index (χ4n) is 0. The molecule has 0 saturated carbocycles. The predicted molar refractivity (Wildman–Crippen MR) is 37.4 cm³/mol. The molecule has 0 aromatic carbocycles. The number of thiol groups is 1. The van der Waals surface area contributed by atoms with E-state index >= 15 is 0 Å². The topological polar surface area (TPSA) is 0 Å². The van der Waals surface area contributed by atoms with Crippen LogP contribution in [0.4, 0.5) is 0 Å². The maximum Gasteiger partial charge on any atom is 0.0310 e. The summed E-state index contributed by atoms with van der Waals surface area (Å²) in [5.74, 6) is 2.83. The van der Waals surface area contributed by atoms with Crippen molar-refractivity contribution in [3.8, 4) is 0 Å². The van der Waals surface area contributed by atoms with Gasteiger partial charge in [-0.3, -0.25) is 0 Å².